The van der Waals surface area contributed by atoms with E-state index < -0.39 is 5.79 Å². The van der Waals surface area contributed by atoms with Crippen LogP contribution in [0.1, 0.15) is 48.3 Å². The van der Waals surface area contributed by atoms with E-state index in [0.717, 1.165) is 11.3 Å². The molecule has 2 aromatic rings. The van der Waals surface area contributed by atoms with Crippen molar-refractivity contribution in [2.45, 2.75) is 39.2 Å². The molecule has 0 N–H and O–H groups in total. The highest BCUT2D eigenvalue weighted by molar-refractivity contribution is 5.98. The van der Waals surface area contributed by atoms with E-state index in [1.807, 2.05) is 57.3 Å². The molecule has 1 atom stereocenters. The van der Waals surface area contributed by atoms with E-state index in [2.05, 4.69) is 24.0 Å². The van der Waals surface area contributed by atoms with Crippen LogP contribution in [-0.2, 0) is 11.3 Å². The summed E-state index contributed by atoms with van der Waals surface area (Å²) < 4.78 is 11.4. The first-order valence-corrected chi connectivity index (χ1v) is 8.60. The predicted molar refractivity (Wildman–Crippen MR) is 97.8 cm³/mol. The average Bonchev–Trinajstić information content (AvgIpc) is 2.60. The summed E-state index contributed by atoms with van der Waals surface area (Å²) in [6.45, 7) is 6.70. The summed E-state index contributed by atoms with van der Waals surface area (Å²) in [5.41, 5.74) is 2.81. The lowest BCUT2D eigenvalue weighted by atomic mass is 10.0. The number of ether oxygens (including phenoxy) is 2. The van der Waals surface area contributed by atoms with Crippen LogP contribution < -0.4 is 4.74 Å². The molecule has 0 spiro atoms. The molecule has 1 unspecified atom stereocenters. The maximum absolute atomic E-state index is 12.7. The average molecular weight is 339 g/mol. The van der Waals surface area contributed by atoms with Crippen molar-refractivity contribution in [3.8, 4) is 5.75 Å². The van der Waals surface area contributed by atoms with Crippen LogP contribution in [-0.4, -0.2) is 30.1 Å². The molecule has 0 radical (unpaired) electrons. The first kappa shape index (κ1) is 17.6. The lowest BCUT2D eigenvalue weighted by Gasteiger charge is -2.32. The molecule has 3 rings (SSSR count). The van der Waals surface area contributed by atoms with Crippen LogP contribution in [0.25, 0.3) is 0 Å². The number of carbonyl (C=O) groups is 1. The summed E-state index contributed by atoms with van der Waals surface area (Å²) in [5.74, 6) is 0.265. The lowest BCUT2D eigenvalue weighted by molar-refractivity contribution is -0.180. The fraction of sp³-hybridized carbons (Fsp3) is 0.381. The Balaban J connectivity index is 1.69. The van der Waals surface area contributed by atoms with Gasteiger partial charge in [0.15, 0.2) is 5.78 Å². The fourth-order valence-corrected chi connectivity index (χ4v) is 2.95. The van der Waals surface area contributed by atoms with Gasteiger partial charge in [0.2, 0.25) is 5.79 Å². The molecule has 0 bridgehead atoms. The molecule has 0 fully saturated rings. The second kappa shape index (κ2) is 6.98. The predicted octanol–water partition coefficient (Wildman–Crippen LogP) is 4.21. The Labute approximate surface area is 149 Å². The van der Waals surface area contributed by atoms with Crippen LogP contribution in [0, 0.1) is 0 Å². The normalized spacial score (nSPS) is 16.8. The van der Waals surface area contributed by atoms with Crippen molar-refractivity contribution >= 4 is 5.78 Å². The van der Waals surface area contributed by atoms with Crippen LogP contribution in [0.5, 0.6) is 5.75 Å². The molecule has 0 aliphatic carbocycles. The van der Waals surface area contributed by atoms with Crippen molar-refractivity contribution in [1.29, 1.82) is 0 Å². The topological polar surface area (TPSA) is 38.8 Å². The van der Waals surface area contributed by atoms with E-state index in [1.165, 1.54) is 5.56 Å². The van der Waals surface area contributed by atoms with Gasteiger partial charge in [0, 0.05) is 31.0 Å². The lowest BCUT2D eigenvalue weighted by Crippen LogP contribution is -2.35. The highest BCUT2D eigenvalue weighted by Gasteiger charge is 2.28. The van der Waals surface area contributed by atoms with Gasteiger partial charge in [-0.05, 0) is 37.7 Å². The summed E-state index contributed by atoms with van der Waals surface area (Å²) in [6, 6.07) is 16.0. The standard InChI is InChI=1S/C21H25NO3/c1-15(16-8-6-5-7-9-16)22(4)13-19(23)17-10-11-20-18(12-17)14-24-21(2,3)25-20/h5-12,15H,13-14H2,1-4H3. The Hall–Kier alpha value is -2.17. The summed E-state index contributed by atoms with van der Waals surface area (Å²) in [5, 5.41) is 0. The van der Waals surface area contributed by atoms with E-state index in [1.54, 1.807) is 0 Å². The van der Waals surface area contributed by atoms with Crippen molar-refractivity contribution in [2.75, 3.05) is 13.6 Å². The summed E-state index contributed by atoms with van der Waals surface area (Å²) in [4.78, 5) is 14.7. The number of carbonyl (C=O) groups excluding carboxylic acids is 1. The first-order chi connectivity index (χ1) is 11.9. The molecule has 132 valence electrons. The zero-order valence-corrected chi connectivity index (χ0v) is 15.3. The number of likely N-dealkylation sites (N-methyl/N-ethyl adjacent to an activating group) is 1. The fourth-order valence-electron chi connectivity index (χ4n) is 2.95. The van der Waals surface area contributed by atoms with Crippen LogP contribution in [0.15, 0.2) is 48.5 Å². The van der Waals surface area contributed by atoms with E-state index in [-0.39, 0.29) is 11.8 Å². The second-order valence-electron chi connectivity index (χ2n) is 7.04. The quantitative estimate of drug-likeness (QED) is 0.765. The van der Waals surface area contributed by atoms with Gasteiger partial charge in [0.05, 0.1) is 13.2 Å². The van der Waals surface area contributed by atoms with E-state index in [0.29, 0.717) is 18.7 Å². The van der Waals surface area contributed by atoms with Gasteiger partial charge < -0.3 is 9.47 Å². The molecule has 2 aromatic carbocycles. The molecular weight excluding hydrogens is 314 g/mol. The SMILES string of the molecule is CC(c1ccccc1)N(C)CC(=O)c1ccc2c(c1)COC(C)(C)O2. The number of ketones is 1. The Morgan fingerprint density at radius 2 is 1.92 bits per heavy atom. The minimum absolute atomic E-state index is 0.0953. The Bertz CT molecular complexity index is 755. The van der Waals surface area contributed by atoms with Gasteiger partial charge in [-0.1, -0.05) is 30.3 Å². The zero-order chi connectivity index (χ0) is 18.0. The Morgan fingerprint density at radius 1 is 1.20 bits per heavy atom. The molecule has 0 saturated heterocycles. The number of rotatable bonds is 5. The van der Waals surface area contributed by atoms with Gasteiger partial charge in [0.25, 0.3) is 0 Å². The molecule has 0 aromatic heterocycles. The van der Waals surface area contributed by atoms with Gasteiger partial charge in [-0.3, -0.25) is 9.69 Å². The molecule has 0 saturated carbocycles. The monoisotopic (exact) mass is 339 g/mol. The second-order valence-corrected chi connectivity index (χ2v) is 7.04. The molecular formula is C21H25NO3. The molecule has 1 aliphatic rings. The maximum atomic E-state index is 12.7. The van der Waals surface area contributed by atoms with E-state index in [9.17, 15) is 4.79 Å². The third-order valence-corrected chi connectivity index (χ3v) is 4.65. The third-order valence-electron chi connectivity index (χ3n) is 4.65. The van der Waals surface area contributed by atoms with E-state index >= 15 is 0 Å². The smallest absolute Gasteiger partial charge is 0.205 e. The minimum Gasteiger partial charge on any atom is -0.463 e. The molecule has 1 aliphatic heterocycles. The third kappa shape index (κ3) is 4.09. The van der Waals surface area contributed by atoms with Crippen molar-refractivity contribution in [3.63, 3.8) is 0 Å². The highest BCUT2D eigenvalue weighted by Crippen LogP contribution is 2.31. The molecule has 1 heterocycles. The number of hydrogen-bond acceptors (Lipinski definition) is 4. The van der Waals surface area contributed by atoms with Crippen LogP contribution in [0.2, 0.25) is 0 Å². The highest BCUT2D eigenvalue weighted by atomic mass is 16.7. The van der Waals surface area contributed by atoms with Gasteiger partial charge >= 0.3 is 0 Å². The van der Waals surface area contributed by atoms with Gasteiger partial charge in [-0.2, -0.15) is 0 Å². The van der Waals surface area contributed by atoms with Crippen molar-refractivity contribution in [1.82, 2.24) is 4.90 Å². The number of nitrogens with zero attached hydrogens (tertiary/aromatic N) is 1. The van der Waals surface area contributed by atoms with Gasteiger partial charge in [-0.25, -0.2) is 0 Å². The van der Waals surface area contributed by atoms with E-state index in [4.69, 9.17) is 9.47 Å². The zero-order valence-electron chi connectivity index (χ0n) is 15.3. The van der Waals surface area contributed by atoms with Crippen LogP contribution >= 0.6 is 0 Å². The van der Waals surface area contributed by atoms with Crippen molar-refractivity contribution in [3.05, 3.63) is 65.2 Å². The summed E-state index contributed by atoms with van der Waals surface area (Å²) in [6.07, 6.45) is 0. The number of hydrogen-bond donors (Lipinski definition) is 0. The summed E-state index contributed by atoms with van der Waals surface area (Å²) in [7, 11) is 1.97. The number of Topliss-reactive ketones (excluding diaryl/α,β-unsaturated/α-hetero) is 1. The number of fused-ring (bicyclic) bond motifs is 1. The summed E-state index contributed by atoms with van der Waals surface area (Å²) >= 11 is 0. The molecule has 4 heteroatoms. The first-order valence-electron chi connectivity index (χ1n) is 8.60. The van der Waals surface area contributed by atoms with Gasteiger partial charge in [-0.15, -0.1) is 0 Å². The van der Waals surface area contributed by atoms with Crippen molar-refractivity contribution in [2.24, 2.45) is 0 Å². The van der Waals surface area contributed by atoms with Gasteiger partial charge in [0.1, 0.15) is 5.75 Å². The van der Waals surface area contributed by atoms with Crippen molar-refractivity contribution < 1.29 is 14.3 Å². The van der Waals surface area contributed by atoms with Crippen LogP contribution in [0.4, 0.5) is 0 Å². The van der Waals surface area contributed by atoms with Crippen LogP contribution in [0.3, 0.4) is 0 Å². The Kier molecular flexibility index (Phi) is 4.93. The molecule has 4 nitrogen and oxygen atoms in total. The maximum Gasteiger partial charge on any atom is 0.205 e. The molecule has 25 heavy (non-hydrogen) atoms. The molecule has 0 amide bonds. The minimum atomic E-state index is -0.621. The Morgan fingerprint density at radius 3 is 2.64 bits per heavy atom. The number of benzene rings is 2. The largest absolute Gasteiger partial charge is 0.463 e.